The van der Waals surface area contributed by atoms with Crippen LogP contribution in [-0.2, 0) is 4.79 Å². The van der Waals surface area contributed by atoms with Crippen LogP contribution in [0.15, 0.2) is 42.5 Å². The highest BCUT2D eigenvalue weighted by Crippen LogP contribution is 2.33. The predicted molar refractivity (Wildman–Crippen MR) is 105 cm³/mol. The number of anilines is 2. The van der Waals surface area contributed by atoms with Crippen molar-refractivity contribution in [2.75, 3.05) is 44.9 Å². The van der Waals surface area contributed by atoms with Gasteiger partial charge < -0.3 is 20.4 Å². The highest BCUT2D eigenvalue weighted by molar-refractivity contribution is 5.94. The van der Waals surface area contributed by atoms with Crippen molar-refractivity contribution in [3.05, 3.63) is 59.7 Å². The molecule has 0 saturated heterocycles. The lowest BCUT2D eigenvalue weighted by Crippen LogP contribution is -2.29. The van der Waals surface area contributed by atoms with E-state index < -0.39 is 11.6 Å². The number of nitrogens with zero attached hydrogens (tertiary/aromatic N) is 2. The van der Waals surface area contributed by atoms with Crippen LogP contribution < -0.4 is 15.4 Å². The number of hydrazine groups is 1. The van der Waals surface area contributed by atoms with Crippen molar-refractivity contribution >= 4 is 23.0 Å². The Labute approximate surface area is 162 Å². The van der Waals surface area contributed by atoms with E-state index in [-0.39, 0.29) is 18.1 Å². The number of carbonyl (C=O) groups excluding carboxylic acids is 1. The summed E-state index contributed by atoms with van der Waals surface area (Å²) >= 11 is 0. The molecule has 148 valence electrons. The molecule has 1 heterocycles. The summed E-state index contributed by atoms with van der Waals surface area (Å²) in [5.74, 6) is -1.08. The van der Waals surface area contributed by atoms with Crippen LogP contribution in [0.2, 0.25) is 0 Å². The van der Waals surface area contributed by atoms with Gasteiger partial charge in [0, 0.05) is 38.0 Å². The zero-order valence-corrected chi connectivity index (χ0v) is 15.9. The van der Waals surface area contributed by atoms with Gasteiger partial charge in [-0.1, -0.05) is 0 Å². The fourth-order valence-corrected chi connectivity index (χ4v) is 2.94. The van der Waals surface area contributed by atoms with E-state index in [0.717, 1.165) is 29.9 Å². The van der Waals surface area contributed by atoms with Crippen molar-refractivity contribution < 1.29 is 18.3 Å². The molecule has 1 aliphatic rings. The molecule has 0 unspecified atom stereocenters. The van der Waals surface area contributed by atoms with Gasteiger partial charge in [0.05, 0.1) is 25.0 Å². The molecule has 8 heteroatoms. The summed E-state index contributed by atoms with van der Waals surface area (Å²) in [6.45, 7) is 0.619. The van der Waals surface area contributed by atoms with E-state index in [2.05, 4.69) is 16.7 Å². The van der Waals surface area contributed by atoms with Crippen LogP contribution in [0.3, 0.4) is 0 Å². The minimum Gasteiger partial charge on any atom is -0.496 e. The van der Waals surface area contributed by atoms with Gasteiger partial charge in [-0.25, -0.2) is 13.8 Å². The van der Waals surface area contributed by atoms with Crippen LogP contribution >= 0.6 is 0 Å². The third-order valence-corrected chi connectivity index (χ3v) is 4.54. The Morgan fingerprint density at radius 3 is 2.61 bits per heavy atom. The monoisotopic (exact) mass is 388 g/mol. The zero-order valence-electron chi connectivity index (χ0n) is 15.9. The fourth-order valence-electron chi connectivity index (χ4n) is 2.94. The molecule has 6 nitrogen and oxygen atoms in total. The lowest BCUT2D eigenvalue weighted by atomic mass is 10.1. The number of rotatable bonds is 6. The first-order valence-corrected chi connectivity index (χ1v) is 8.71. The maximum atomic E-state index is 13.6. The van der Waals surface area contributed by atoms with E-state index in [4.69, 9.17) is 4.74 Å². The molecule has 0 aromatic heterocycles. The van der Waals surface area contributed by atoms with E-state index in [1.54, 1.807) is 19.2 Å². The summed E-state index contributed by atoms with van der Waals surface area (Å²) in [6.07, 6.45) is 2.07. The summed E-state index contributed by atoms with van der Waals surface area (Å²) in [5.41, 5.74) is 2.48. The molecule has 0 atom stereocenters. The second kappa shape index (κ2) is 8.26. The minimum atomic E-state index is -0.750. The Kier molecular flexibility index (Phi) is 5.79. The molecular weight excluding hydrogens is 366 g/mol. The first-order valence-electron chi connectivity index (χ1n) is 8.71. The van der Waals surface area contributed by atoms with Crippen molar-refractivity contribution in [3.8, 4) is 5.75 Å². The second-order valence-corrected chi connectivity index (χ2v) is 6.39. The maximum absolute atomic E-state index is 13.6. The quantitative estimate of drug-likeness (QED) is 0.796. The van der Waals surface area contributed by atoms with Gasteiger partial charge in [-0.2, -0.15) is 0 Å². The number of amides is 1. The number of likely N-dealkylation sites (N-methyl/N-ethyl adjacent to an activating group) is 1. The highest BCUT2D eigenvalue weighted by Gasteiger charge is 2.21. The number of carbonyl (C=O) groups is 1. The molecule has 0 radical (unpaired) electrons. The molecule has 1 amide bonds. The number of ether oxygens (including phenoxy) is 1. The average Bonchev–Trinajstić information content (AvgIpc) is 2.99. The zero-order chi connectivity index (χ0) is 20.3. The largest absolute Gasteiger partial charge is 0.496 e. The minimum absolute atomic E-state index is 0.0627. The Morgan fingerprint density at radius 2 is 1.96 bits per heavy atom. The third-order valence-electron chi connectivity index (χ3n) is 4.54. The number of hydrogen-bond donors (Lipinski definition) is 2. The van der Waals surface area contributed by atoms with Gasteiger partial charge >= 0.3 is 0 Å². The van der Waals surface area contributed by atoms with E-state index in [1.807, 2.05) is 30.2 Å². The Bertz CT molecular complexity index is 917. The molecule has 0 bridgehead atoms. The van der Waals surface area contributed by atoms with E-state index in [9.17, 15) is 13.6 Å². The average molecular weight is 388 g/mol. The summed E-state index contributed by atoms with van der Waals surface area (Å²) in [7, 11) is 5.52. The molecule has 2 N–H and O–H groups in total. The molecular formula is C20H22F2N4O2. The normalized spacial score (nSPS) is 14.0. The van der Waals surface area contributed by atoms with Crippen LogP contribution in [-0.4, -0.2) is 50.2 Å². The SMILES string of the molecule is COc1ccc(NC(=O)CNc2ccc(F)cc2F)cc1C1=CCN(C)N1C. The Hall–Kier alpha value is -3.13. The van der Waals surface area contributed by atoms with Crippen LogP contribution in [0.5, 0.6) is 5.75 Å². The van der Waals surface area contributed by atoms with Crippen LogP contribution in [0.1, 0.15) is 5.56 Å². The molecule has 2 aromatic carbocycles. The molecule has 0 saturated carbocycles. The molecule has 2 aromatic rings. The van der Waals surface area contributed by atoms with Gasteiger partial charge in [-0.05, 0) is 36.4 Å². The van der Waals surface area contributed by atoms with Gasteiger partial charge in [0.15, 0.2) is 0 Å². The summed E-state index contributed by atoms with van der Waals surface area (Å²) in [5, 5.41) is 9.48. The smallest absolute Gasteiger partial charge is 0.243 e. The van der Waals surface area contributed by atoms with Crippen molar-refractivity contribution in [2.24, 2.45) is 0 Å². The lowest BCUT2D eigenvalue weighted by Gasteiger charge is -2.26. The van der Waals surface area contributed by atoms with Crippen LogP contribution in [0, 0.1) is 11.6 Å². The summed E-state index contributed by atoms with van der Waals surface area (Å²) < 4.78 is 32.0. The molecule has 0 spiro atoms. The number of methoxy groups -OCH3 is 1. The number of hydrogen-bond acceptors (Lipinski definition) is 5. The van der Waals surface area contributed by atoms with Crippen LogP contribution in [0.25, 0.3) is 5.70 Å². The number of halogens is 2. The standard InChI is InChI=1S/C20H22F2N4O2/c1-25-9-8-18(26(25)2)15-11-14(5-7-19(15)28-3)24-20(27)12-23-17-6-4-13(21)10-16(17)22/h4-8,10-11,23H,9,12H2,1-3H3,(H,24,27). The summed E-state index contributed by atoms with van der Waals surface area (Å²) in [4.78, 5) is 12.2. The van der Waals surface area contributed by atoms with E-state index in [1.165, 1.54) is 6.07 Å². The van der Waals surface area contributed by atoms with Crippen molar-refractivity contribution in [3.63, 3.8) is 0 Å². The number of nitrogens with one attached hydrogen (secondary N) is 2. The van der Waals surface area contributed by atoms with Gasteiger partial charge in [-0.15, -0.1) is 0 Å². The molecule has 1 aliphatic heterocycles. The highest BCUT2D eigenvalue weighted by atomic mass is 19.1. The van der Waals surface area contributed by atoms with Crippen LogP contribution in [0.4, 0.5) is 20.2 Å². The first kappa shape index (κ1) is 19.6. The Morgan fingerprint density at radius 1 is 1.18 bits per heavy atom. The van der Waals surface area contributed by atoms with E-state index in [0.29, 0.717) is 11.4 Å². The third kappa shape index (κ3) is 4.23. The van der Waals surface area contributed by atoms with Crippen molar-refractivity contribution in [1.29, 1.82) is 0 Å². The topological polar surface area (TPSA) is 56.8 Å². The van der Waals surface area contributed by atoms with Gasteiger partial charge in [-0.3, -0.25) is 4.79 Å². The lowest BCUT2D eigenvalue weighted by molar-refractivity contribution is -0.114. The van der Waals surface area contributed by atoms with E-state index >= 15 is 0 Å². The molecule has 3 rings (SSSR count). The number of benzene rings is 2. The van der Waals surface area contributed by atoms with Gasteiger partial charge in [0.1, 0.15) is 17.4 Å². The molecule has 28 heavy (non-hydrogen) atoms. The molecule has 0 aliphatic carbocycles. The van der Waals surface area contributed by atoms with Crippen molar-refractivity contribution in [1.82, 2.24) is 10.0 Å². The maximum Gasteiger partial charge on any atom is 0.243 e. The fraction of sp³-hybridized carbons (Fsp3) is 0.250. The predicted octanol–water partition coefficient (Wildman–Crippen LogP) is 3.16. The van der Waals surface area contributed by atoms with Gasteiger partial charge in [0.2, 0.25) is 5.91 Å². The second-order valence-electron chi connectivity index (χ2n) is 6.39. The first-order chi connectivity index (χ1) is 13.4. The summed E-state index contributed by atoms with van der Waals surface area (Å²) in [6, 6.07) is 8.49. The molecule has 0 fully saturated rings. The van der Waals surface area contributed by atoms with Crippen molar-refractivity contribution in [2.45, 2.75) is 0 Å². The Balaban J connectivity index is 1.70. The van der Waals surface area contributed by atoms with Gasteiger partial charge in [0.25, 0.3) is 0 Å².